The van der Waals surface area contributed by atoms with Gasteiger partial charge in [-0.3, -0.25) is 19.2 Å². The Hall–Kier alpha value is -11.1. The normalized spacial score (nSPS) is 13.5. The van der Waals surface area contributed by atoms with E-state index in [4.69, 9.17) is 42.6 Å². The summed E-state index contributed by atoms with van der Waals surface area (Å²) < 4.78 is 53.9. The summed E-state index contributed by atoms with van der Waals surface area (Å²) in [4.78, 5) is 92.0. The van der Waals surface area contributed by atoms with E-state index in [1.165, 1.54) is 0 Å². The number of carbonyl (C=O) groups is 6. The molecule has 0 aliphatic carbocycles. The minimum Gasteiger partial charge on any atom is -0.472 e. The summed E-state index contributed by atoms with van der Waals surface area (Å²) in [5, 5.41) is 3.13. The molecule has 0 saturated heterocycles. The number of ether oxygens (including phenoxy) is 9. The molecule has 0 N–H and O–H groups in total. The molecule has 105 heavy (non-hydrogen) atoms. The lowest BCUT2D eigenvalue weighted by molar-refractivity contribution is -0.160. The van der Waals surface area contributed by atoms with Crippen molar-refractivity contribution in [2.24, 2.45) is 0 Å². The zero-order valence-electron chi connectivity index (χ0n) is 62.6. The molecule has 0 fully saturated rings. The number of hydrogen-bond acceptors (Lipinski definition) is 21. The Balaban J connectivity index is 0.662. The van der Waals surface area contributed by atoms with Crippen LogP contribution < -0.4 is 38.9 Å². The Morgan fingerprint density at radius 2 is 0.648 bits per heavy atom. The summed E-state index contributed by atoms with van der Waals surface area (Å²) in [5.74, 6) is -2.92. The molecule has 0 spiro atoms. The standard InChI is InChI=1S/C84H96N6O15/c1-15-67(102-77(93)39-37-75(91)98-45-47-100-81(95)73-49-55-17-27-65(89(11)12)51-71(55)79-69(73)41-43-83(104-79,57-19-29-61(30-20-57)85(3)4)58-21-31-62(32-22-58)86(5)6)53-97-54-68(16-2)103-78(94)40-38-76(92)99-46-48-101-82(96)74-50-56-18-28-66(90(13)14)52-72(56)80-70(74)42-44-84(105-80,59-23-33-63(34-24-59)87(7)8)60-25-35-64(36-26-60)88(9)10/h17-36,41-44,49-52,67-68H,15-16,37-40,45-48,53-54H2,1-14H3. The fourth-order valence-electron chi connectivity index (χ4n) is 12.5. The number of rotatable bonds is 32. The minimum absolute atomic E-state index is 0.00997. The van der Waals surface area contributed by atoms with E-state index in [9.17, 15) is 28.8 Å². The zero-order chi connectivity index (χ0) is 75.3. The van der Waals surface area contributed by atoms with Gasteiger partial charge in [-0.1, -0.05) is 74.5 Å². The van der Waals surface area contributed by atoms with E-state index < -0.39 is 59.2 Å². The summed E-state index contributed by atoms with van der Waals surface area (Å²) in [6.07, 6.45) is 6.13. The molecular weight excluding hydrogens is 1330 g/mol. The van der Waals surface area contributed by atoms with Crippen molar-refractivity contribution in [3.05, 3.63) is 202 Å². The van der Waals surface area contributed by atoms with Crippen molar-refractivity contribution in [1.29, 1.82) is 0 Å². The zero-order valence-corrected chi connectivity index (χ0v) is 62.6. The first-order chi connectivity index (χ1) is 50.3. The van der Waals surface area contributed by atoms with E-state index in [1.54, 1.807) is 12.1 Å². The number of carbonyl (C=O) groups excluding carboxylic acids is 6. The first-order valence-electron chi connectivity index (χ1n) is 35.4. The molecule has 0 bridgehead atoms. The van der Waals surface area contributed by atoms with Gasteiger partial charge in [0.05, 0.1) is 50.0 Å². The maximum atomic E-state index is 14.1. The lowest BCUT2D eigenvalue weighted by Gasteiger charge is -2.37. The Bertz CT molecular complexity index is 4100. The Kier molecular flexibility index (Phi) is 24.8. The van der Waals surface area contributed by atoms with Gasteiger partial charge in [-0.2, -0.15) is 0 Å². The predicted molar refractivity (Wildman–Crippen MR) is 413 cm³/mol. The number of fused-ring (bicyclic) bond motifs is 6. The molecule has 552 valence electrons. The fourth-order valence-corrected chi connectivity index (χ4v) is 12.5. The molecule has 2 atom stereocenters. The van der Waals surface area contributed by atoms with Gasteiger partial charge in [0.2, 0.25) is 0 Å². The van der Waals surface area contributed by atoms with Crippen LogP contribution in [0.1, 0.15) is 106 Å². The van der Waals surface area contributed by atoms with E-state index in [0.717, 1.165) is 77.9 Å². The van der Waals surface area contributed by atoms with Crippen LogP contribution in [0.3, 0.4) is 0 Å². The van der Waals surface area contributed by atoms with Gasteiger partial charge in [0, 0.05) is 163 Å². The van der Waals surface area contributed by atoms with Gasteiger partial charge in [0.1, 0.15) is 50.1 Å². The number of esters is 6. The minimum atomic E-state index is -1.08. The average molecular weight is 1430 g/mol. The second kappa shape index (κ2) is 34.0. The van der Waals surface area contributed by atoms with Gasteiger partial charge < -0.3 is 72.0 Å². The lowest BCUT2D eigenvalue weighted by Crippen LogP contribution is -2.35. The second-order valence-corrected chi connectivity index (χ2v) is 27.3. The molecule has 21 heteroatoms. The summed E-state index contributed by atoms with van der Waals surface area (Å²) in [5.41, 5.74) is 9.02. The third-order valence-corrected chi connectivity index (χ3v) is 18.8. The van der Waals surface area contributed by atoms with Gasteiger partial charge in [-0.25, -0.2) is 9.59 Å². The molecule has 21 nitrogen and oxygen atoms in total. The molecule has 8 aromatic carbocycles. The number of nitrogens with zero attached hydrogens (tertiary/aromatic N) is 6. The Morgan fingerprint density at radius 3 is 0.943 bits per heavy atom. The molecule has 0 saturated carbocycles. The summed E-state index contributed by atoms with van der Waals surface area (Å²) in [6.45, 7) is 2.59. The first kappa shape index (κ1) is 76.6. The van der Waals surface area contributed by atoms with E-state index in [2.05, 4.69) is 97.1 Å². The van der Waals surface area contributed by atoms with E-state index in [1.807, 2.05) is 189 Å². The van der Waals surface area contributed by atoms with Crippen LogP contribution in [0.2, 0.25) is 0 Å². The highest BCUT2D eigenvalue weighted by molar-refractivity contribution is 6.06. The molecule has 2 unspecified atom stereocenters. The molecule has 8 aromatic rings. The molecule has 2 heterocycles. The van der Waals surface area contributed by atoms with Gasteiger partial charge in [0.25, 0.3) is 0 Å². The van der Waals surface area contributed by atoms with E-state index in [-0.39, 0.29) is 76.5 Å². The molecule has 0 amide bonds. The van der Waals surface area contributed by atoms with Crippen LogP contribution in [0.5, 0.6) is 11.5 Å². The SMILES string of the molecule is CCC(COCC(CC)OC(=O)CCC(=O)OCCOC(=O)c1cc2ccc(N(C)C)cc2c2c1C=CC(c1ccc(N(C)C)cc1)(c1ccc(N(C)C)cc1)O2)OC(=O)CCC(=O)OCCOC(=O)c1cc2ccc(N(C)C)cc2c2c1C=CC(c1ccc(N(C)C)cc1)(c1ccc(N(C)C)cc1)O2. The number of anilines is 6. The quantitative estimate of drug-likeness (QED) is 0.0218. The van der Waals surface area contributed by atoms with Crippen molar-refractivity contribution in [3.8, 4) is 11.5 Å². The van der Waals surface area contributed by atoms with Crippen molar-refractivity contribution in [2.75, 3.05) is 154 Å². The summed E-state index contributed by atoms with van der Waals surface area (Å²) in [7, 11) is 23.8. The Labute approximate surface area is 615 Å². The highest BCUT2D eigenvalue weighted by atomic mass is 16.6. The van der Waals surface area contributed by atoms with Gasteiger partial charge >= 0.3 is 35.8 Å². The third kappa shape index (κ3) is 17.9. The van der Waals surface area contributed by atoms with Crippen LogP contribution >= 0.6 is 0 Å². The number of hydrogen-bond donors (Lipinski definition) is 0. The monoisotopic (exact) mass is 1430 g/mol. The number of benzene rings is 8. The molecule has 0 aromatic heterocycles. The maximum absolute atomic E-state index is 14.1. The van der Waals surface area contributed by atoms with Crippen LogP contribution in [0.15, 0.2) is 158 Å². The predicted octanol–water partition coefficient (Wildman–Crippen LogP) is 13.4. The second-order valence-electron chi connectivity index (χ2n) is 27.3. The van der Waals surface area contributed by atoms with Crippen molar-refractivity contribution < 1.29 is 71.4 Å². The van der Waals surface area contributed by atoms with Crippen molar-refractivity contribution in [1.82, 2.24) is 0 Å². The Morgan fingerprint density at radius 1 is 0.362 bits per heavy atom. The summed E-state index contributed by atoms with van der Waals surface area (Å²) >= 11 is 0. The van der Waals surface area contributed by atoms with Gasteiger partial charge in [0.15, 0.2) is 11.2 Å². The highest BCUT2D eigenvalue weighted by Crippen LogP contribution is 2.50. The average Bonchev–Trinajstić information content (AvgIpc) is 0.734. The van der Waals surface area contributed by atoms with Crippen molar-refractivity contribution in [2.45, 2.75) is 75.8 Å². The summed E-state index contributed by atoms with van der Waals surface area (Å²) in [6, 6.07) is 48.4. The van der Waals surface area contributed by atoms with Gasteiger partial charge in [-0.05, 0) is 133 Å². The van der Waals surface area contributed by atoms with Crippen molar-refractivity contribution in [3.63, 3.8) is 0 Å². The fraction of sp³-hybridized carbons (Fsp3) is 0.357. The molecular formula is C84H96N6O15. The molecule has 2 aliphatic rings. The van der Waals surface area contributed by atoms with Crippen LogP contribution in [0, 0.1) is 0 Å². The smallest absolute Gasteiger partial charge is 0.339 e. The van der Waals surface area contributed by atoms with Crippen LogP contribution in [-0.4, -0.2) is 172 Å². The van der Waals surface area contributed by atoms with E-state index >= 15 is 0 Å². The molecule has 10 rings (SSSR count). The maximum Gasteiger partial charge on any atom is 0.339 e. The topological polar surface area (TPSA) is 205 Å². The highest BCUT2D eigenvalue weighted by Gasteiger charge is 2.41. The van der Waals surface area contributed by atoms with Crippen LogP contribution in [0.25, 0.3) is 33.7 Å². The lowest BCUT2D eigenvalue weighted by atomic mass is 9.82. The van der Waals surface area contributed by atoms with E-state index in [0.29, 0.717) is 35.5 Å². The van der Waals surface area contributed by atoms with Crippen LogP contribution in [-0.2, 0) is 63.5 Å². The molecule has 0 radical (unpaired) electrons. The van der Waals surface area contributed by atoms with Crippen molar-refractivity contribution >= 4 is 104 Å². The largest absolute Gasteiger partial charge is 0.472 e. The van der Waals surface area contributed by atoms with Gasteiger partial charge in [-0.15, -0.1) is 0 Å². The first-order valence-corrected chi connectivity index (χ1v) is 35.4. The van der Waals surface area contributed by atoms with Crippen LogP contribution in [0.4, 0.5) is 34.1 Å². The third-order valence-electron chi connectivity index (χ3n) is 18.8. The molecule has 2 aliphatic heterocycles.